The maximum absolute atomic E-state index is 11.1. The van der Waals surface area contributed by atoms with Crippen molar-refractivity contribution in [1.82, 2.24) is 20.1 Å². The molecule has 24 heavy (non-hydrogen) atoms. The van der Waals surface area contributed by atoms with Crippen LogP contribution < -0.4 is 10.6 Å². The summed E-state index contributed by atoms with van der Waals surface area (Å²) in [6.07, 6.45) is 3.82. The molecule has 0 radical (unpaired) electrons. The van der Waals surface area contributed by atoms with Gasteiger partial charge in [-0.15, -0.1) is 11.3 Å². The lowest BCUT2D eigenvalue weighted by atomic mass is 9.88. The molecule has 3 N–H and O–H groups in total. The summed E-state index contributed by atoms with van der Waals surface area (Å²) in [6.45, 7) is 1.70. The van der Waals surface area contributed by atoms with Crippen LogP contribution in [0.2, 0.25) is 0 Å². The molecule has 2 unspecified atom stereocenters. The summed E-state index contributed by atoms with van der Waals surface area (Å²) in [5.41, 5.74) is 9.05. The molecule has 0 saturated carbocycles. The Morgan fingerprint density at radius 1 is 1.33 bits per heavy atom. The van der Waals surface area contributed by atoms with E-state index in [1.54, 1.807) is 17.5 Å². The molecule has 2 bridgehead atoms. The van der Waals surface area contributed by atoms with Crippen LogP contribution in [0.1, 0.15) is 6.42 Å². The number of carbonyl (C=O) groups is 1. The third kappa shape index (κ3) is 1.92. The molecule has 6 rings (SSSR count). The second kappa shape index (κ2) is 4.94. The molecule has 6 heterocycles. The molecule has 3 fully saturated rings. The third-order valence-electron chi connectivity index (χ3n) is 4.96. The van der Waals surface area contributed by atoms with E-state index in [4.69, 9.17) is 5.73 Å². The van der Waals surface area contributed by atoms with E-state index in [1.807, 2.05) is 17.0 Å². The van der Waals surface area contributed by atoms with Crippen LogP contribution >= 0.6 is 11.3 Å². The minimum atomic E-state index is 0.317. The first-order valence-corrected chi connectivity index (χ1v) is 8.72. The van der Waals surface area contributed by atoms with Gasteiger partial charge in [-0.2, -0.15) is 5.10 Å². The normalized spacial score (nSPS) is 22.7. The number of aromatic amines is 1. The molecule has 2 atom stereocenters. The summed E-state index contributed by atoms with van der Waals surface area (Å²) in [5, 5.41) is 7.02. The lowest BCUT2D eigenvalue weighted by Crippen LogP contribution is -2.68. The van der Waals surface area contributed by atoms with Crippen molar-refractivity contribution in [3.05, 3.63) is 24.4 Å². The number of nitrogens with one attached hydrogen (secondary N) is 1. The van der Waals surface area contributed by atoms with Crippen molar-refractivity contribution in [2.24, 2.45) is 0 Å². The first-order chi connectivity index (χ1) is 11.7. The van der Waals surface area contributed by atoms with Crippen LogP contribution in [0.3, 0.4) is 0 Å². The van der Waals surface area contributed by atoms with E-state index in [2.05, 4.69) is 26.1 Å². The molecular formula is C16H16N6OS. The van der Waals surface area contributed by atoms with Gasteiger partial charge in [-0.3, -0.25) is 9.89 Å². The van der Waals surface area contributed by atoms with Crippen molar-refractivity contribution < 1.29 is 4.79 Å². The molecule has 3 saturated heterocycles. The van der Waals surface area contributed by atoms with Gasteiger partial charge in [0.05, 0.1) is 38.6 Å². The van der Waals surface area contributed by atoms with Gasteiger partial charge in [-0.1, -0.05) is 0 Å². The van der Waals surface area contributed by atoms with Gasteiger partial charge >= 0.3 is 0 Å². The molecule has 7 nitrogen and oxygen atoms in total. The van der Waals surface area contributed by atoms with Gasteiger partial charge in [-0.05, 0) is 18.6 Å². The number of carbonyl (C=O) groups excluding carboxylic acids is 1. The second-order valence-corrected chi connectivity index (χ2v) is 7.41. The summed E-state index contributed by atoms with van der Waals surface area (Å²) >= 11 is 1.69. The van der Waals surface area contributed by atoms with E-state index in [0.717, 1.165) is 52.4 Å². The number of H-pyrrole nitrogens is 1. The first-order valence-electron chi connectivity index (χ1n) is 7.90. The van der Waals surface area contributed by atoms with Crippen molar-refractivity contribution in [3.63, 3.8) is 0 Å². The number of piperidine rings is 1. The Morgan fingerprint density at radius 3 is 2.88 bits per heavy atom. The Kier molecular flexibility index (Phi) is 2.84. The van der Waals surface area contributed by atoms with Crippen LogP contribution in [0.25, 0.3) is 20.8 Å². The van der Waals surface area contributed by atoms with Crippen LogP contribution in [0.15, 0.2) is 24.4 Å². The van der Waals surface area contributed by atoms with E-state index in [-0.39, 0.29) is 0 Å². The SMILES string of the molecule is Nc1cc(N2CC3CC(C2)N3C=O)c2sc(-c3ccn[nH]3)cc2n1. The predicted molar refractivity (Wildman–Crippen MR) is 93.9 cm³/mol. The Bertz CT molecular complexity index is 908. The number of nitrogens with zero attached hydrogens (tertiary/aromatic N) is 4. The van der Waals surface area contributed by atoms with Gasteiger partial charge in [-0.25, -0.2) is 4.98 Å². The van der Waals surface area contributed by atoms with Crippen molar-refractivity contribution in [1.29, 1.82) is 0 Å². The second-order valence-electron chi connectivity index (χ2n) is 6.36. The van der Waals surface area contributed by atoms with Crippen molar-refractivity contribution in [2.75, 3.05) is 23.7 Å². The summed E-state index contributed by atoms with van der Waals surface area (Å²) in [4.78, 5) is 21.0. The van der Waals surface area contributed by atoms with Gasteiger partial charge < -0.3 is 15.5 Å². The number of aromatic nitrogens is 3. The van der Waals surface area contributed by atoms with Crippen LogP contribution in [-0.4, -0.2) is 51.7 Å². The van der Waals surface area contributed by atoms with E-state index < -0.39 is 0 Å². The zero-order chi connectivity index (χ0) is 16.3. The lowest BCUT2D eigenvalue weighted by Gasteiger charge is -2.55. The fourth-order valence-electron chi connectivity index (χ4n) is 3.79. The lowest BCUT2D eigenvalue weighted by molar-refractivity contribution is -0.131. The van der Waals surface area contributed by atoms with Gasteiger partial charge in [0.2, 0.25) is 6.41 Å². The molecule has 3 aliphatic heterocycles. The standard InChI is InChI=1S/C16H16N6OS/c17-15-5-13(21-6-9-3-10(7-21)22(9)8-23)16-12(19-15)4-14(24-16)11-1-2-18-20-11/h1-2,4-5,8-10H,3,6-7H2,(H2,17,19)(H,18,20). The number of nitrogen functional groups attached to an aromatic ring is 1. The Hall–Kier alpha value is -2.61. The summed E-state index contributed by atoms with van der Waals surface area (Å²) in [6, 6.07) is 6.59. The zero-order valence-corrected chi connectivity index (χ0v) is 13.7. The largest absolute Gasteiger partial charge is 0.384 e. The van der Waals surface area contributed by atoms with Crippen LogP contribution in [0, 0.1) is 0 Å². The molecule has 3 aromatic heterocycles. The Balaban J connectivity index is 1.57. The van der Waals surface area contributed by atoms with E-state index in [0.29, 0.717) is 17.9 Å². The average Bonchev–Trinajstić information content (AvgIpc) is 3.23. The van der Waals surface area contributed by atoms with Crippen LogP contribution in [0.4, 0.5) is 11.5 Å². The number of thiophene rings is 1. The fraction of sp³-hybridized carbons (Fsp3) is 0.312. The molecule has 3 aromatic rings. The van der Waals surface area contributed by atoms with Crippen LogP contribution in [-0.2, 0) is 4.79 Å². The molecule has 3 aliphatic rings. The van der Waals surface area contributed by atoms with E-state index in [1.165, 1.54) is 0 Å². The number of anilines is 2. The zero-order valence-electron chi connectivity index (χ0n) is 12.8. The first kappa shape index (κ1) is 13.8. The highest BCUT2D eigenvalue weighted by molar-refractivity contribution is 7.22. The number of hydrogen-bond acceptors (Lipinski definition) is 6. The molecule has 1 amide bonds. The number of nitrogens with two attached hydrogens (primary N) is 1. The third-order valence-corrected chi connectivity index (χ3v) is 6.14. The monoisotopic (exact) mass is 340 g/mol. The highest BCUT2D eigenvalue weighted by Gasteiger charge is 2.44. The maximum Gasteiger partial charge on any atom is 0.210 e. The summed E-state index contributed by atoms with van der Waals surface area (Å²) < 4.78 is 1.13. The van der Waals surface area contributed by atoms with E-state index in [9.17, 15) is 4.79 Å². The minimum Gasteiger partial charge on any atom is -0.384 e. The van der Waals surface area contributed by atoms with Gasteiger partial charge in [0, 0.05) is 25.4 Å². The molecule has 0 aliphatic carbocycles. The average molecular weight is 340 g/mol. The van der Waals surface area contributed by atoms with Gasteiger partial charge in [0.1, 0.15) is 5.82 Å². The van der Waals surface area contributed by atoms with Crippen LogP contribution in [0.5, 0.6) is 0 Å². The predicted octanol–water partition coefficient (Wildman–Crippen LogP) is 1.69. The Labute approximate surface area is 142 Å². The number of piperazine rings is 1. The minimum absolute atomic E-state index is 0.317. The maximum atomic E-state index is 11.1. The van der Waals surface area contributed by atoms with Crippen molar-refractivity contribution in [3.8, 4) is 10.6 Å². The summed E-state index contributed by atoms with van der Waals surface area (Å²) in [7, 11) is 0. The number of pyridine rings is 1. The smallest absolute Gasteiger partial charge is 0.210 e. The van der Waals surface area contributed by atoms with Gasteiger partial charge in [0.15, 0.2) is 0 Å². The van der Waals surface area contributed by atoms with E-state index >= 15 is 0 Å². The van der Waals surface area contributed by atoms with Crippen molar-refractivity contribution in [2.45, 2.75) is 18.5 Å². The summed E-state index contributed by atoms with van der Waals surface area (Å²) in [5.74, 6) is 0.526. The quantitative estimate of drug-likeness (QED) is 0.708. The molecule has 122 valence electrons. The molecular weight excluding hydrogens is 324 g/mol. The highest BCUT2D eigenvalue weighted by atomic mass is 32.1. The number of amides is 1. The van der Waals surface area contributed by atoms with Gasteiger partial charge in [0.25, 0.3) is 0 Å². The number of rotatable bonds is 3. The van der Waals surface area contributed by atoms with Crippen molar-refractivity contribution >= 4 is 39.5 Å². The molecule has 0 aromatic carbocycles. The Morgan fingerprint density at radius 2 is 2.17 bits per heavy atom. The fourth-order valence-corrected chi connectivity index (χ4v) is 4.91. The molecule has 0 spiro atoms. The molecule has 8 heteroatoms. The number of hydrogen-bond donors (Lipinski definition) is 2. The number of fused-ring (bicyclic) bond motifs is 3. The topological polar surface area (TPSA) is 91.1 Å². The highest BCUT2D eigenvalue weighted by Crippen LogP contribution is 2.41.